The van der Waals surface area contributed by atoms with Gasteiger partial charge in [-0.2, -0.15) is 5.26 Å². The van der Waals surface area contributed by atoms with Gasteiger partial charge in [-0.15, -0.1) is 0 Å². The maximum Gasteiger partial charge on any atom is 0.237 e. The van der Waals surface area contributed by atoms with E-state index >= 15 is 0 Å². The van der Waals surface area contributed by atoms with Crippen molar-refractivity contribution in [1.29, 1.82) is 5.26 Å². The van der Waals surface area contributed by atoms with E-state index in [1.165, 1.54) is 32.1 Å². The Kier molecular flexibility index (Phi) is 5.24. The van der Waals surface area contributed by atoms with Crippen molar-refractivity contribution in [1.82, 2.24) is 15.2 Å². The molecule has 122 valence electrons. The van der Waals surface area contributed by atoms with Crippen LogP contribution in [0, 0.1) is 11.3 Å². The number of hydrogen-bond donors (Lipinski definition) is 1. The second kappa shape index (κ2) is 7.56. The van der Waals surface area contributed by atoms with Gasteiger partial charge in [-0.1, -0.05) is 25.3 Å². The third-order valence-electron chi connectivity index (χ3n) is 5.05. The first-order chi connectivity index (χ1) is 11.3. The van der Waals surface area contributed by atoms with Crippen molar-refractivity contribution in [2.24, 2.45) is 0 Å². The van der Waals surface area contributed by atoms with Gasteiger partial charge in [0.1, 0.15) is 11.8 Å². The third-order valence-corrected chi connectivity index (χ3v) is 5.05. The molecular weight excluding hydrogens is 288 g/mol. The van der Waals surface area contributed by atoms with E-state index in [0.29, 0.717) is 18.3 Å². The molecule has 0 aromatic carbocycles. The van der Waals surface area contributed by atoms with Crippen molar-refractivity contribution in [3.05, 3.63) is 29.6 Å². The number of nitriles is 1. The normalized spacial score (nSPS) is 22.7. The van der Waals surface area contributed by atoms with E-state index in [-0.39, 0.29) is 11.9 Å². The highest BCUT2D eigenvalue weighted by atomic mass is 16.2. The molecule has 1 aromatic heterocycles. The van der Waals surface area contributed by atoms with E-state index in [9.17, 15) is 4.79 Å². The van der Waals surface area contributed by atoms with E-state index in [1.807, 2.05) is 12.1 Å². The van der Waals surface area contributed by atoms with Crippen LogP contribution in [0.15, 0.2) is 18.3 Å². The highest BCUT2D eigenvalue weighted by Gasteiger charge is 2.35. The van der Waals surface area contributed by atoms with Crippen LogP contribution in [-0.2, 0) is 11.3 Å². The Morgan fingerprint density at radius 3 is 2.78 bits per heavy atom. The first kappa shape index (κ1) is 15.9. The number of aromatic nitrogens is 1. The Bertz CT molecular complexity index is 572. The molecule has 0 bridgehead atoms. The van der Waals surface area contributed by atoms with Crippen molar-refractivity contribution in [3.8, 4) is 6.07 Å². The Morgan fingerprint density at radius 2 is 2.09 bits per heavy atom. The molecular formula is C18H24N4O. The molecule has 1 atom stereocenters. The van der Waals surface area contributed by atoms with Crippen LogP contribution in [0.1, 0.15) is 56.2 Å². The number of hydrogen-bond acceptors (Lipinski definition) is 4. The van der Waals surface area contributed by atoms with Gasteiger partial charge < -0.3 is 5.32 Å². The molecule has 1 saturated carbocycles. The molecule has 1 aliphatic carbocycles. The SMILES string of the molecule is N#Cc1ccc(CNC(=O)[C@H]2CCCN2C2CCCCC2)cn1. The summed E-state index contributed by atoms with van der Waals surface area (Å²) >= 11 is 0. The standard InChI is InChI=1S/C18H24N4O/c19-11-15-9-8-14(12-20-15)13-21-18(23)17-7-4-10-22(17)16-5-2-1-3-6-16/h8-9,12,16-17H,1-7,10,13H2,(H,21,23)/t17-/m1/s1. The lowest BCUT2D eigenvalue weighted by atomic mass is 9.93. The van der Waals surface area contributed by atoms with E-state index < -0.39 is 0 Å². The molecule has 2 aliphatic rings. The number of carbonyl (C=O) groups is 1. The van der Waals surface area contributed by atoms with Gasteiger partial charge >= 0.3 is 0 Å². The van der Waals surface area contributed by atoms with E-state index in [1.54, 1.807) is 12.3 Å². The predicted molar refractivity (Wildman–Crippen MR) is 87.4 cm³/mol. The minimum atomic E-state index is 0.0319. The van der Waals surface area contributed by atoms with E-state index in [4.69, 9.17) is 5.26 Å². The fourth-order valence-electron chi connectivity index (χ4n) is 3.82. The number of pyridine rings is 1. The molecule has 1 saturated heterocycles. The first-order valence-corrected chi connectivity index (χ1v) is 8.66. The highest BCUT2D eigenvalue weighted by molar-refractivity contribution is 5.82. The lowest BCUT2D eigenvalue weighted by Crippen LogP contribution is -2.48. The molecule has 0 spiro atoms. The largest absolute Gasteiger partial charge is 0.351 e. The first-order valence-electron chi connectivity index (χ1n) is 8.66. The average Bonchev–Trinajstić information content (AvgIpc) is 3.11. The lowest BCUT2D eigenvalue weighted by Gasteiger charge is -2.34. The molecule has 0 radical (unpaired) electrons. The zero-order valence-corrected chi connectivity index (χ0v) is 13.5. The Balaban J connectivity index is 1.55. The summed E-state index contributed by atoms with van der Waals surface area (Å²) in [7, 11) is 0. The molecule has 1 N–H and O–H groups in total. The Hall–Kier alpha value is -1.93. The molecule has 1 aromatic rings. The molecule has 2 fully saturated rings. The van der Waals surface area contributed by atoms with Crippen LogP contribution in [0.25, 0.3) is 0 Å². The molecule has 3 rings (SSSR count). The maximum atomic E-state index is 12.6. The average molecular weight is 312 g/mol. The van der Waals surface area contributed by atoms with Crippen LogP contribution in [0.4, 0.5) is 0 Å². The quantitative estimate of drug-likeness (QED) is 0.926. The van der Waals surface area contributed by atoms with Gasteiger partial charge in [0.05, 0.1) is 6.04 Å². The van der Waals surface area contributed by atoms with Gasteiger partial charge in [0.25, 0.3) is 0 Å². The topological polar surface area (TPSA) is 69.0 Å². The molecule has 23 heavy (non-hydrogen) atoms. The van der Waals surface area contributed by atoms with Gasteiger partial charge in [-0.25, -0.2) is 4.98 Å². The van der Waals surface area contributed by atoms with Gasteiger partial charge in [0.2, 0.25) is 5.91 Å². The molecule has 1 aliphatic heterocycles. The molecule has 0 unspecified atom stereocenters. The highest BCUT2D eigenvalue weighted by Crippen LogP contribution is 2.29. The zero-order chi connectivity index (χ0) is 16.1. The van der Waals surface area contributed by atoms with Crippen molar-refractivity contribution in [2.75, 3.05) is 6.54 Å². The Morgan fingerprint density at radius 1 is 1.26 bits per heavy atom. The van der Waals surface area contributed by atoms with Crippen molar-refractivity contribution < 1.29 is 4.79 Å². The summed E-state index contributed by atoms with van der Waals surface area (Å²) in [6.07, 6.45) is 10.2. The van der Waals surface area contributed by atoms with Crippen LogP contribution in [0.5, 0.6) is 0 Å². The summed E-state index contributed by atoms with van der Waals surface area (Å²) in [6.45, 7) is 1.54. The summed E-state index contributed by atoms with van der Waals surface area (Å²) < 4.78 is 0. The summed E-state index contributed by atoms with van der Waals surface area (Å²) in [5.74, 6) is 0.137. The van der Waals surface area contributed by atoms with Gasteiger partial charge in [0.15, 0.2) is 0 Å². The van der Waals surface area contributed by atoms with Crippen LogP contribution in [0.3, 0.4) is 0 Å². The summed E-state index contributed by atoms with van der Waals surface area (Å²) in [6, 6.07) is 6.16. The van der Waals surface area contributed by atoms with Crippen LogP contribution >= 0.6 is 0 Å². The lowest BCUT2D eigenvalue weighted by molar-refractivity contribution is -0.126. The second-order valence-corrected chi connectivity index (χ2v) is 6.57. The molecule has 1 amide bonds. The van der Waals surface area contributed by atoms with Crippen LogP contribution < -0.4 is 5.32 Å². The van der Waals surface area contributed by atoms with Crippen molar-refractivity contribution in [3.63, 3.8) is 0 Å². The molecule has 5 heteroatoms. The summed E-state index contributed by atoms with van der Waals surface area (Å²) in [4.78, 5) is 19.0. The summed E-state index contributed by atoms with van der Waals surface area (Å²) in [5, 5.41) is 11.8. The number of nitrogens with one attached hydrogen (secondary N) is 1. The Labute approximate surface area is 137 Å². The van der Waals surface area contributed by atoms with Crippen LogP contribution in [-0.4, -0.2) is 34.4 Å². The van der Waals surface area contributed by atoms with Crippen molar-refractivity contribution in [2.45, 2.75) is 63.6 Å². The zero-order valence-electron chi connectivity index (χ0n) is 13.5. The minimum Gasteiger partial charge on any atom is -0.351 e. The van der Waals surface area contributed by atoms with Gasteiger partial charge in [0, 0.05) is 18.8 Å². The number of carbonyl (C=O) groups excluding carboxylic acids is 1. The van der Waals surface area contributed by atoms with Crippen LogP contribution in [0.2, 0.25) is 0 Å². The third kappa shape index (κ3) is 3.89. The maximum absolute atomic E-state index is 12.6. The predicted octanol–water partition coefficient (Wildman–Crippen LogP) is 2.37. The van der Waals surface area contributed by atoms with E-state index in [2.05, 4.69) is 15.2 Å². The minimum absolute atomic E-state index is 0.0319. The number of nitrogens with zero attached hydrogens (tertiary/aromatic N) is 3. The monoisotopic (exact) mass is 312 g/mol. The van der Waals surface area contributed by atoms with Gasteiger partial charge in [-0.05, 0) is 43.9 Å². The fourth-order valence-corrected chi connectivity index (χ4v) is 3.82. The van der Waals surface area contributed by atoms with Gasteiger partial charge in [-0.3, -0.25) is 9.69 Å². The van der Waals surface area contributed by atoms with E-state index in [0.717, 1.165) is 24.9 Å². The molecule has 5 nitrogen and oxygen atoms in total. The number of likely N-dealkylation sites (tertiary alicyclic amines) is 1. The number of amides is 1. The molecule has 2 heterocycles. The number of rotatable bonds is 4. The second-order valence-electron chi connectivity index (χ2n) is 6.57. The smallest absolute Gasteiger partial charge is 0.237 e. The van der Waals surface area contributed by atoms with Crippen molar-refractivity contribution >= 4 is 5.91 Å². The summed E-state index contributed by atoms with van der Waals surface area (Å²) in [5.41, 5.74) is 1.33. The fraction of sp³-hybridized carbons (Fsp3) is 0.611.